The first-order valence-corrected chi connectivity index (χ1v) is 9.91. The summed E-state index contributed by atoms with van der Waals surface area (Å²) >= 11 is 0. The van der Waals surface area contributed by atoms with Gasteiger partial charge in [0.2, 0.25) is 5.91 Å². The fourth-order valence-corrected chi connectivity index (χ4v) is 4.40. The fourth-order valence-electron chi connectivity index (χ4n) is 4.40. The van der Waals surface area contributed by atoms with Gasteiger partial charge in [0.05, 0.1) is 24.8 Å². The van der Waals surface area contributed by atoms with Gasteiger partial charge in [0, 0.05) is 23.4 Å². The van der Waals surface area contributed by atoms with Crippen LogP contribution in [0.3, 0.4) is 0 Å². The Labute approximate surface area is 155 Å². The van der Waals surface area contributed by atoms with Crippen molar-refractivity contribution in [2.24, 2.45) is 17.8 Å². The van der Waals surface area contributed by atoms with Gasteiger partial charge in [-0.15, -0.1) is 0 Å². The molecule has 1 saturated heterocycles. The lowest BCUT2D eigenvalue weighted by Crippen LogP contribution is -2.44. The van der Waals surface area contributed by atoms with Gasteiger partial charge in [-0.3, -0.25) is 9.78 Å². The summed E-state index contributed by atoms with van der Waals surface area (Å²) in [7, 11) is 0. The zero-order valence-electron chi connectivity index (χ0n) is 15.5. The van der Waals surface area contributed by atoms with Crippen molar-refractivity contribution in [3.8, 4) is 0 Å². The first kappa shape index (κ1) is 17.5. The molecule has 0 unspecified atom stereocenters. The van der Waals surface area contributed by atoms with Crippen molar-refractivity contribution in [1.29, 1.82) is 0 Å². The van der Waals surface area contributed by atoms with Gasteiger partial charge in [0.1, 0.15) is 0 Å². The highest BCUT2D eigenvalue weighted by Crippen LogP contribution is 2.29. The van der Waals surface area contributed by atoms with Gasteiger partial charge < -0.3 is 10.1 Å². The molecule has 1 amide bonds. The van der Waals surface area contributed by atoms with E-state index in [1.165, 1.54) is 23.8 Å². The minimum Gasteiger partial charge on any atom is -0.379 e. The number of rotatable bonds is 4. The number of carbonyl (C=O) groups excluding carboxylic acids is 1. The molecule has 4 nitrogen and oxygen atoms in total. The van der Waals surface area contributed by atoms with Gasteiger partial charge in [-0.1, -0.05) is 25.1 Å². The quantitative estimate of drug-likeness (QED) is 0.912. The SMILES string of the molecule is CC1CCC(C(=O)N[C@H]2COC[C@H]2Cc2ccnc3ccccc23)CC1. The number of para-hydroxylation sites is 1. The van der Waals surface area contributed by atoms with Gasteiger partial charge in [-0.05, 0) is 55.7 Å². The number of hydrogen-bond donors (Lipinski definition) is 1. The predicted octanol–water partition coefficient (Wildman–Crippen LogP) is 3.73. The van der Waals surface area contributed by atoms with Crippen LogP contribution in [0.1, 0.15) is 38.2 Å². The number of aromatic nitrogens is 1. The topological polar surface area (TPSA) is 51.2 Å². The first-order valence-electron chi connectivity index (χ1n) is 9.91. The van der Waals surface area contributed by atoms with Crippen LogP contribution >= 0.6 is 0 Å². The summed E-state index contributed by atoms with van der Waals surface area (Å²) in [4.78, 5) is 17.1. The van der Waals surface area contributed by atoms with Crippen LogP contribution in [-0.4, -0.2) is 30.1 Å². The maximum absolute atomic E-state index is 12.7. The van der Waals surface area contributed by atoms with Crippen molar-refractivity contribution in [2.45, 2.75) is 45.1 Å². The molecule has 1 aromatic heterocycles. The predicted molar refractivity (Wildman–Crippen MR) is 103 cm³/mol. The van der Waals surface area contributed by atoms with Crippen LogP contribution in [0.15, 0.2) is 36.5 Å². The van der Waals surface area contributed by atoms with Crippen molar-refractivity contribution in [3.63, 3.8) is 0 Å². The van der Waals surface area contributed by atoms with Crippen molar-refractivity contribution in [1.82, 2.24) is 10.3 Å². The fraction of sp³-hybridized carbons (Fsp3) is 0.545. The van der Waals surface area contributed by atoms with Crippen molar-refractivity contribution in [3.05, 3.63) is 42.1 Å². The molecule has 2 heterocycles. The van der Waals surface area contributed by atoms with Crippen LogP contribution < -0.4 is 5.32 Å². The summed E-state index contributed by atoms with van der Waals surface area (Å²) in [5.41, 5.74) is 2.32. The highest BCUT2D eigenvalue weighted by Gasteiger charge is 2.32. The molecule has 0 spiro atoms. The number of nitrogens with one attached hydrogen (secondary N) is 1. The Bertz CT molecular complexity index is 762. The number of ether oxygens (including phenoxy) is 1. The van der Waals surface area contributed by atoms with Gasteiger partial charge in [-0.25, -0.2) is 0 Å². The second kappa shape index (κ2) is 7.75. The molecule has 1 N–H and O–H groups in total. The molecule has 1 aliphatic carbocycles. The van der Waals surface area contributed by atoms with E-state index in [1.54, 1.807) is 0 Å². The maximum Gasteiger partial charge on any atom is 0.223 e. The van der Waals surface area contributed by atoms with Crippen molar-refractivity contribution >= 4 is 16.8 Å². The molecule has 138 valence electrons. The van der Waals surface area contributed by atoms with Crippen LogP contribution in [0.25, 0.3) is 10.9 Å². The van der Waals surface area contributed by atoms with Gasteiger partial charge in [0.15, 0.2) is 0 Å². The van der Waals surface area contributed by atoms with Crippen LogP contribution in [0.2, 0.25) is 0 Å². The molecule has 1 aromatic carbocycles. The van der Waals surface area contributed by atoms with E-state index in [0.29, 0.717) is 19.1 Å². The molecule has 2 aliphatic rings. The number of carbonyl (C=O) groups is 1. The van der Waals surface area contributed by atoms with E-state index in [0.717, 1.165) is 30.7 Å². The van der Waals surface area contributed by atoms with Crippen LogP contribution in [0, 0.1) is 17.8 Å². The third-order valence-corrected chi connectivity index (χ3v) is 6.13. The van der Waals surface area contributed by atoms with Gasteiger partial charge in [-0.2, -0.15) is 0 Å². The third kappa shape index (κ3) is 3.75. The van der Waals surface area contributed by atoms with E-state index < -0.39 is 0 Å². The third-order valence-electron chi connectivity index (χ3n) is 6.13. The van der Waals surface area contributed by atoms with E-state index >= 15 is 0 Å². The summed E-state index contributed by atoms with van der Waals surface area (Å²) in [5, 5.41) is 4.50. The zero-order chi connectivity index (χ0) is 17.9. The lowest BCUT2D eigenvalue weighted by atomic mass is 9.82. The van der Waals surface area contributed by atoms with Crippen molar-refractivity contribution in [2.75, 3.05) is 13.2 Å². The van der Waals surface area contributed by atoms with E-state index in [4.69, 9.17) is 4.74 Å². The molecular weight excluding hydrogens is 324 g/mol. The van der Waals surface area contributed by atoms with Crippen LogP contribution in [0.4, 0.5) is 0 Å². The minimum atomic E-state index is 0.119. The van der Waals surface area contributed by atoms with Crippen LogP contribution in [-0.2, 0) is 16.0 Å². The number of fused-ring (bicyclic) bond motifs is 1. The Balaban J connectivity index is 1.42. The molecule has 4 heteroatoms. The van der Waals surface area contributed by atoms with E-state index in [2.05, 4.69) is 35.4 Å². The Morgan fingerprint density at radius 1 is 1.15 bits per heavy atom. The molecule has 4 rings (SSSR count). The van der Waals surface area contributed by atoms with E-state index in [1.807, 2.05) is 18.3 Å². The second-order valence-corrected chi connectivity index (χ2v) is 8.06. The van der Waals surface area contributed by atoms with Crippen LogP contribution in [0.5, 0.6) is 0 Å². The molecule has 2 fully saturated rings. The first-order chi connectivity index (χ1) is 12.7. The molecule has 2 atom stereocenters. The lowest BCUT2D eigenvalue weighted by molar-refractivity contribution is -0.127. The Morgan fingerprint density at radius 3 is 2.81 bits per heavy atom. The number of benzene rings is 1. The molecule has 1 aliphatic heterocycles. The smallest absolute Gasteiger partial charge is 0.223 e. The van der Waals surface area contributed by atoms with E-state index in [-0.39, 0.29) is 17.9 Å². The lowest BCUT2D eigenvalue weighted by Gasteiger charge is -2.27. The molecule has 1 saturated carbocycles. The molecule has 2 aromatic rings. The standard InChI is InChI=1S/C22H28N2O2/c1-15-6-8-16(9-7-15)22(25)24-21-14-26-13-18(21)12-17-10-11-23-20-5-3-2-4-19(17)20/h2-5,10-11,15-16,18,21H,6-9,12-14H2,1H3,(H,24,25)/t15?,16?,18-,21+/m1/s1. The second-order valence-electron chi connectivity index (χ2n) is 8.06. The Morgan fingerprint density at radius 2 is 1.96 bits per heavy atom. The highest BCUT2D eigenvalue weighted by molar-refractivity contribution is 5.82. The molecular formula is C22H28N2O2. The van der Waals surface area contributed by atoms with Gasteiger partial charge >= 0.3 is 0 Å². The molecule has 0 bridgehead atoms. The monoisotopic (exact) mass is 352 g/mol. The summed E-state index contributed by atoms with van der Waals surface area (Å²) in [6.07, 6.45) is 7.19. The van der Waals surface area contributed by atoms with Gasteiger partial charge in [0.25, 0.3) is 0 Å². The average Bonchev–Trinajstić information content (AvgIpc) is 3.09. The summed E-state index contributed by atoms with van der Waals surface area (Å²) in [5.74, 6) is 1.51. The Kier molecular flexibility index (Phi) is 5.21. The number of amides is 1. The van der Waals surface area contributed by atoms with Crippen molar-refractivity contribution < 1.29 is 9.53 Å². The maximum atomic E-state index is 12.7. The number of pyridine rings is 1. The summed E-state index contributed by atoms with van der Waals surface area (Å²) < 4.78 is 5.73. The molecule has 0 radical (unpaired) electrons. The Hall–Kier alpha value is -1.94. The minimum absolute atomic E-state index is 0.119. The molecule has 26 heavy (non-hydrogen) atoms. The summed E-state index contributed by atoms with van der Waals surface area (Å²) in [6.45, 7) is 3.62. The number of hydrogen-bond acceptors (Lipinski definition) is 3. The average molecular weight is 352 g/mol. The zero-order valence-corrected chi connectivity index (χ0v) is 15.5. The normalized spacial score (nSPS) is 29.0. The van der Waals surface area contributed by atoms with E-state index in [9.17, 15) is 4.79 Å². The largest absolute Gasteiger partial charge is 0.379 e. The number of nitrogens with zero attached hydrogens (tertiary/aromatic N) is 1. The highest BCUT2D eigenvalue weighted by atomic mass is 16.5. The summed E-state index contributed by atoms with van der Waals surface area (Å²) in [6, 6.07) is 10.5.